The van der Waals surface area contributed by atoms with E-state index in [-0.39, 0.29) is 5.91 Å². The Morgan fingerprint density at radius 2 is 1.81 bits per heavy atom. The van der Waals surface area contributed by atoms with Crippen molar-refractivity contribution in [2.45, 2.75) is 32.8 Å². The molecule has 0 aliphatic heterocycles. The molecule has 0 spiro atoms. The van der Waals surface area contributed by atoms with Gasteiger partial charge in [-0.2, -0.15) is 0 Å². The van der Waals surface area contributed by atoms with Gasteiger partial charge in [-0.1, -0.05) is 42.5 Å². The van der Waals surface area contributed by atoms with E-state index in [4.69, 9.17) is 0 Å². The number of aliphatic hydroxyl groups is 1. The molecule has 112 valence electrons. The number of likely N-dealkylation sites (N-methyl/N-ethyl adjacent to an activating group) is 1. The highest BCUT2D eigenvalue weighted by molar-refractivity contribution is 5.85. The molecule has 3 heteroatoms. The molecule has 2 aromatic rings. The molecule has 1 amide bonds. The van der Waals surface area contributed by atoms with Gasteiger partial charge >= 0.3 is 0 Å². The van der Waals surface area contributed by atoms with Crippen molar-refractivity contribution < 1.29 is 9.90 Å². The van der Waals surface area contributed by atoms with Crippen LogP contribution in [0.3, 0.4) is 0 Å². The van der Waals surface area contributed by atoms with Crippen LogP contribution in [0.5, 0.6) is 0 Å². The van der Waals surface area contributed by atoms with Crippen LogP contribution in [0.4, 0.5) is 0 Å². The molecule has 0 atom stereocenters. The summed E-state index contributed by atoms with van der Waals surface area (Å²) in [6.07, 6.45) is 0.370. The first-order chi connectivity index (χ1) is 9.89. The number of rotatable bonds is 5. The number of nitrogens with zero attached hydrogens (tertiary/aromatic N) is 1. The molecular weight excluding hydrogens is 262 g/mol. The number of carbonyl (C=O) groups is 1. The van der Waals surface area contributed by atoms with Gasteiger partial charge in [0.1, 0.15) is 0 Å². The van der Waals surface area contributed by atoms with E-state index in [1.54, 1.807) is 18.7 Å². The first-order valence-electron chi connectivity index (χ1n) is 7.37. The average molecular weight is 285 g/mol. The molecule has 0 heterocycles. The third kappa shape index (κ3) is 4.30. The van der Waals surface area contributed by atoms with Crippen LogP contribution >= 0.6 is 0 Å². The van der Waals surface area contributed by atoms with Crippen molar-refractivity contribution >= 4 is 16.7 Å². The molecule has 0 aliphatic carbocycles. The summed E-state index contributed by atoms with van der Waals surface area (Å²) < 4.78 is 0. The molecule has 21 heavy (non-hydrogen) atoms. The Hall–Kier alpha value is -1.87. The summed E-state index contributed by atoms with van der Waals surface area (Å²) in [5, 5.41) is 12.2. The molecule has 3 nitrogen and oxygen atoms in total. The molecule has 0 aliphatic rings. The van der Waals surface area contributed by atoms with Crippen molar-refractivity contribution in [2.75, 3.05) is 13.1 Å². The topological polar surface area (TPSA) is 40.5 Å². The van der Waals surface area contributed by atoms with Gasteiger partial charge in [0.25, 0.3) is 0 Å². The second-order valence-corrected chi connectivity index (χ2v) is 6.08. The summed E-state index contributed by atoms with van der Waals surface area (Å²) in [7, 11) is 0. The zero-order chi connectivity index (χ0) is 15.5. The fourth-order valence-electron chi connectivity index (χ4n) is 2.48. The number of carbonyl (C=O) groups excluding carboxylic acids is 1. The van der Waals surface area contributed by atoms with E-state index in [0.717, 1.165) is 10.9 Å². The first-order valence-corrected chi connectivity index (χ1v) is 7.37. The van der Waals surface area contributed by atoms with Gasteiger partial charge in [0, 0.05) is 13.1 Å². The first kappa shape index (κ1) is 15.5. The second kappa shape index (κ2) is 6.27. The minimum Gasteiger partial charge on any atom is -0.389 e. The molecule has 0 saturated heterocycles. The van der Waals surface area contributed by atoms with Crippen molar-refractivity contribution in [3.63, 3.8) is 0 Å². The summed E-state index contributed by atoms with van der Waals surface area (Å²) in [5.41, 5.74) is 0.141. The second-order valence-electron chi connectivity index (χ2n) is 6.08. The van der Waals surface area contributed by atoms with Crippen LogP contribution in [0.25, 0.3) is 10.8 Å². The van der Waals surface area contributed by atoms with Gasteiger partial charge in [0.15, 0.2) is 0 Å². The van der Waals surface area contributed by atoms with Gasteiger partial charge in [0.05, 0.1) is 12.0 Å². The van der Waals surface area contributed by atoms with E-state index < -0.39 is 5.60 Å². The lowest BCUT2D eigenvalue weighted by Gasteiger charge is -2.28. The van der Waals surface area contributed by atoms with Gasteiger partial charge in [-0.15, -0.1) is 0 Å². The Morgan fingerprint density at radius 1 is 1.14 bits per heavy atom. The van der Waals surface area contributed by atoms with Crippen LogP contribution in [0, 0.1) is 0 Å². The number of fused-ring (bicyclic) bond motifs is 1. The zero-order valence-electron chi connectivity index (χ0n) is 13.0. The van der Waals surface area contributed by atoms with Gasteiger partial charge in [-0.25, -0.2) is 0 Å². The fourth-order valence-corrected chi connectivity index (χ4v) is 2.48. The van der Waals surface area contributed by atoms with Crippen LogP contribution in [0.1, 0.15) is 26.3 Å². The van der Waals surface area contributed by atoms with Crippen molar-refractivity contribution in [1.29, 1.82) is 0 Å². The predicted molar refractivity (Wildman–Crippen MR) is 86.2 cm³/mol. The zero-order valence-corrected chi connectivity index (χ0v) is 13.0. The molecule has 0 bridgehead atoms. The quantitative estimate of drug-likeness (QED) is 0.917. The van der Waals surface area contributed by atoms with Crippen molar-refractivity contribution in [3.8, 4) is 0 Å². The van der Waals surface area contributed by atoms with E-state index in [0.29, 0.717) is 19.5 Å². The van der Waals surface area contributed by atoms with Crippen molar-refractivity contribution in [1.82, 2.24) is 4.90 Å². The largest absolute Gasteiger partial charge is 0.389 e. The molecule has 0 fully saturated rings. The van der Waals surface area contributed by atoms with E-state index in [2.05, 4.69) is 18.2 Å². The highest BCUT2D eigenvalue weighted by Crippen LogP contribution is 2.17. The third-order valence-corrected chi connectivity index (χ3v) is 3.48. The van der Waals surface area contributed by atoms with Gasteiger partial charge in [0.2, 0.25) is 5.91 Å². The normalized spacial score (nSPS) is 11.6. The number of benzene rings is 2. The molecule has 2 rings (SSSR count). The number of amides is 1. The van der Waals surface area contributed by atoms with E-state index in [1.165, 1.54) is 5.39 Å². The predicted octanol–water partition coefficient (Wildman–Crippen LogP) is 3.00. The summed E-state index contributed by atoms with van der Waals surface area (Å²) in [4.78, 5) is 14.1. The lowest BCUT2D eigenvalue weighted by molar-refractivity contribution is -0.133. The minimum atomic E-state index is -0.866. The van der Waals surface area contributed by atoms with E-state index in [1.807, 2.05) is 31.2 Å². The maximum Gasteiger partial charge on any atom is 0.227 e. The molecular formula is C18H23NO2. The van der Waals surface area contributed by atoms with Gasteiger partial charge in [-0.3, -0.25) is 4.79 Å². The molecule has 0 unspecified atom stereocenters. The summed E-state index contributed by atoms with van der Waals surface area (Å²) in [6.45, 7) is 6.34. The Labute approximate surface area is 126 Å². The minimum absolute atomic E-state index is 0.0508. The van der Waals surface area contributed by atoms with Crippen LogP contribution in [-0.2, 0) is 11.2 Å². The number of hydrogen-bond acceptors (Lipinski definition) is 2. The Kier molecular flexibility index (Phi) is 4.63. The van der Waals surface area contributed by atoms with Crippen molar-refractivity contribution in [2.24, 2.45) is 0 Å². The van der Waals surface area contributed by atoms with Crippen LogP contribution in [0.2, 0.25) is 0 Å². The summed E-state index contributed by atoms with van der Waals surface area (Å²) in [5.74, 6) is 0.0508. The third-order valence-electron chi connectivity index (χ3n) is 3.48. The lowest BCUT2D eigenvalue weighted by Crippen LogP contribution is -2.42. The monoisotopic (exact) mass is 285 g/mol. The van der Waals surface area contributed by atoms with E-state index >= 15 is 0 Å². The SMILES string of the molecule is CCN(CC(C)(C)O)C(=O)Cc1ccc2ccccc2c1. The maximum atomic E-state index is 12.4. The molecule has 2 aromatic carbocycles. The van der Waals surface area contributed by atoms with Gasteiger partial charge in [-0.05, 0) is 37.1 Å². The van der Waals surface area contributed by atoms with E-state index in [9.17, 15) is 9.90 Å². The summed E-state index contributed by atoms with van der Waals surface area (Å²) in [6, 6.07) is 14.2. The lowest BCUT2D eigenvalue weighted by atomic mass is 10.0. The Morgan fingerprint density at radius 3 is 2.43 bits per heavy atom. The highest BCUT2D eigenvalue weighted by Gasteiger charge is 2.21. The van der Waals surface area contributed by atoms with Crippen LogP contribution in [-0.4, -0.2) is 34.6 Å². The highest BCUT2D eigenvalue weighted by atomic mass is 16.3. The average Bonchev–Trinajstić information content (AvgIpc) is 2.43. The maximum absolute atomic E-state index is 12.4. The molecule has 0 radical (unpaired) electrons. The van der Waals surface area contributed by atoms with Crippen LogP contribution < -0.4 is 0 Å². The van der Waals surface area contributed by atoms with Crippen molar-refractivity contribution in [3.05, 3.63) is 48.0 Å². The Balaban J connectivity index is 2.12. The molecule has 0 aromatic heterocycles. The number of hydrogen-bond donors (Lipinski definition) is 1. The molecule has 1 N–H and O–H groups in total. The Bertz CT molecular complexity index is 628. The molecule has 0 saturated carbocycles. The van der Waals surface area contributed by atoms with Crippen LogP contribution in [0.15, 0.2) is 42.5 Å². The summed E-state index contributed by atoms with van der Waals surface area (Å²) >= 11 is 0. The standard InChI is InChI=1S/C18H23NO2/c1-4-19(13-18(2,3)21)17(20)12-14-9-10-15-7-5-6-8-16(15)11-14/h5-11,21H,4,12-13H2,1-3H3. The van der Waals surface area contributed by atoms with Gasteiger partial charge < -0.3 is 10.0 Å². The fraction of sp³-hybridized carbons (Fsp3) is 0.389. The smallest absolute Gasteiger partial charge is 0.227 e.